The van der Waals surface area contributed by atoms with Crippen molar-refractivity contribution in [3.8, 4) is 0 Å². The number of nitrogens with two attached hydrogens (primary N) is 1. The van der Waals surface area contributed by atoms with Gasteiger partial charge in [-0.05, 0) is 24.8 Å². The number of carboxylic acids is 1. The second-order valence-corrected chi connectivity index (χ2v) is 3.79. The molecule has 0 aromatic rings. The van der Waals surface area contributed by atoms with E-state index < -0.39 is 12.0 Å². The number of nitrogens with zero attached hydrogens (tertiary/aromatic N) is 1. The van der Waals surface area contributed by atoms with E-state index >= 15 is 0 Å². The summed E-state index contributed by atoms with van der Waals surface area (Å²) in [5.74, 6) is -1.03. The summed E-state index contributed by atoms with van der Waals surface area (Å²) in [6.45, 7) is 4.39. The van der Waals surface area contributed by atoms with Crippen molar-refractivity contribution in [1.29, 1.82) is 0 Å². The Hall–Kier alpha value is -1.78. The molecule has 0 aromatic heterocycles. The quantitative estimate of drug-likeness (QED) is 0.556. The molecule has 0 bridgehead atoms. The van der Waals surface area contributed by atoms with Crippen LogP contribution in [0.5, 0.6) is 0 Å². The largest absolute Gasteiger partial charge is 0.478 e. The minimum absolute atomic E-state index is 0.165. The van der Waals surface area contributed by atoms with Crippen LogP contribution < -0.4 is 5.73 Å². The van der Waals surface area contributed by atoms with E-state index in [0.29, 0.717) is 12.1 Å². The third-order valence-corrected chi connectivity index (χ3v) is 2.65. The van der Waals surface area contributed by atoms with E-state index in [1.165, 1.54) is 11.0 Å². The van der Waals surface area contributed by atoms with Crippen molar-refractivity contribution in [2.24, 2.45) is 5.73 Å². The summed E-state index contributed by atoms with van der Waals surface area (Å²) in [5, 5.41) is 8.50. The predicted octanol–water partition coefficient (Wildman–Crippen LogP) is 1.12. The van der Waals surface area contributed by atoms with E-state index in [1.54, 1.807) is 0 Å². The van der Waals surface area contributed by atoms with Crippen LogP contribution in [-0.2, 0) is 4.79 Å². The van der Waals surface area contributed by atoms with E-state index in [9.17, 15) is 9.59 Å². The van der Waals surface area contributed by atoms with Crippen LogP contribution in [0, 0.1) is 0 Å². The van der Waals surface area contributed by atoms with Gasteiger partial charge in [0.1, 0.15) is 0 Å². The Morgan fingerprint density at radius 3 is 2.62 bits per heavy atom. The Morgan fingerprint density at radius 2 is 2.06 bits per heavy atom. The van der Waals surface area contributed by atoms with Gasteiger partial charge in [-0.15, -0.1) is 0 Å². The maximum Gasteiger partial charge on any atom is 0.328 e. The van der Waals surface area contributed by atoms with Crippen LogP contribution in [0.4, 0.5) is 4.79 Å². The lowest BCUT2D eigenvalue weighted by atomic mass is 9.96. The fraction of sp³-hybridized carbons (Fsp3) is 0.455. The smallest absolute Gasteiger partial charge is 0.328 e. The molecule has 1 aliphatic heterocycles. The molecule has 0 aromatic carbocycles. The van der Waals surface area contributed by atoms with E-state index in [1.807, 2.05) is 0 Å². The molecule has 1 fully saturated rings. The zero-order valence-corrected chi connectivity index (χ0v) is 9.06. The van der Waals surface area contributed by atoms with E-state index in [2.05, 4.69) is 6.58 Å². The fourth-order valence-corrected chi connectivity index (χ4v) is 1.87. The second kappa shape index (κ2) is 5.34. The number of hydrogen-bond acceptors (Lipinski definition) is 2. The lowest BCUT2D eigenvalue weighted by Gasteiger charge is -2.34. The number of likely N-dealkylation sites (tertiary alicyclic amines) is 1. The molecule has 0 aliphatic carbocycles. The number of primary amides is 1. The molecule has 0 spiro atoms. The first kappa shape index (κ1) is 12.3. The molecule has 88 valence electrons. The van der Waals surface area contributed by atoms with Gasteiger partial charge in [-0.1, -0.05) is 12.7 Å². The third-order valence-electron chi connectivity index (χ3n) is 2.65. The average Bonchev–Trinajstić information content (AvgIpc) is 2.25. The van der Waals surface area contributed by atoms with Crippen molar-refractivity contribution in [3.63, 3.8) is 0 Å². The van der Waals surface area contributed by atoms with Crippen LogP contribution in [0.2, 0.25) is 0 Å². The predicted molar refractivity (Wildman–Crippen MR) is 59.8 cm³/mol. The van der Waals surface area contributed by atoms with E-state index in [0.717, 1.165) is 25.3 Å². The standard InChI is InChI=1S/C11H16N2O3/c1-8(5-6-10(14)15)9-4-2-3-7-13(9)11(12)16/h5-6,9H,1-4,7H2,(H2,12,16)(H,14,15). The fourth-order valence-electron chi connectivity index (χ4n) is 1.87. The number of rotatable bonds is 3. The van der Waals surface area contributed by atoms with Crippen molar-refractivity contribution < 1.29 is 14.7 Å². The van der Waals surface area contributed by atoms with Crippen LogP contribution in [0.1, 0.15) is 19.3 Å². The lowest BCUT2D eigenvalue weighted by Crippen LogP contribution is -2.47. The highest BCUT2D eigenvalue weighted by Gasteiger charge is 2.26. The topological polar surface area (TPSA) is 83.6 Å². The maximum absolute atomic E-state index is 11.2. The molecule has 5 heteroatoms. The summed E-state index contributed by atoms with van der Waals surface area (Å²) in [6.07, 6.45) is 5.15. The summed E-state index contributed by atoms with van der Waals surface area (Å²) in [4.78, 5) is 23.1. The van der Waals surface area contributed by atoms with Crippen LogP contribution >= 0.6 is 0 Å². The molecule has 1 saturated heterocycles. The molecule has 1 unspecified atom stereocenters. The first-order valence-corrected chi connectivity index (χ1v) is 5.18. The Labute approximate surface area is 94.2 Å². The molecule has 1 heterocycles. The van der Waals surface area contributed by atoms with Crippen LogP contribution in [0.3, 0.4) is 0 Å². The number of piperidine rings is 1. The number of hydrogen-bond donors (Lipinski definition) is 2. The summed E-state index contributed by atoms with van der Waals surface area (Å²) >= 11 is 0. The first-order chi connectivity index (χ1) is 7.52. The maximum atomic E-state index is 11.2. The summed E-state index contributed by atoms with van der Waals surface area (Å²) in [6, 6.07) is -0.642. The number of aliphatic carboxylic acids is 1. The molecular weight excluding hydrogens is 208 g/mol. The highest BCUT2D eigenvalue weighted by Crippen LogP contribution is 2.22. The number of carboxylic acid groups (broad SMARTS) is 1. The number of amides is 2. The Morgan fingerprint density at radius 1 is 1.38 bits per heavy atom. The SMILES string of the molecule is C=C(C=CC(=O)O)C1CCCCN1C(N)=O. The van der Waals surface area contributed by atoms with Gasteiger partial charge in [-0.3, -0.25) is 0 Å². The van der Waals surface area contributed by atoms with Crippen LogP contribution in [0.25, 0.3) is 0 Å². The third kappa shape index (κ3) is 3.12. The monoisotopic (exact) mass is 224 g/mol. The molecule has 0 saturated carbocycles. The van der Waals surface area contributed by atoms with Crippen molar-refractivity contribution in [2.45, 2.75) is 25.3 Å². The molecule has 5 nitrogen and oxygen atoms in total. The zero-order valence-electron chi connectivity index (χ0n) is 9.06. The van der Waals surface area contributed by atoms with Crippen molar-refractivity contribution >= 4 is 12.0 Å². The summed E-state index contributed by atoms with van der Waals surface area (Å²) in [7, 11) is 0. The average molecular weight is 224 g/mol. The van der Waals surface area contributed by atoms with Gasteiger partial charge in [0.15, 0.2) is 0 Å². The molecule has 1 aliphatic rings. The van der Waals surface area contributed by atoms with Gasteiger partial charge < -0.3 is 15.7 Å². The normalized spacial score (nSPS) is 21.0. The van der Waals surface area contributed by atoms with Crippen LogP contribution in [-0.4, -0.2) is 34.6 Å². The van der Waals surface area contributed by atoms with Crippen molar-refractivity contribution in [3.05, 3.63) is 24.3 Å². The highest BCUT2D eigenvalue weighted by molar-refractivity contribution is 5.80. The van der Waals surface area contributed by atoms with E-state index in [4.69, 9.17) is 10.8 Å². The lowest BCUT2D eigenvalue weighted by molar-refractivity contribution is -0.131. The summed E-state index contributed by atoms with van der Waals surface area (Å²) in [5.41, 5.74) is 5.87. The molecule has 3 N–H and O–H groups in total. The Balaban J connectivity index is 2.71. The number of carbonyl (C=O) groups excluding carboxylic acids is 1. The minimum Gasteiger partial charge on any atom is -0.478 e. The summed E-state index contributed by atoms with van der Waals surface area (Å²) < 4.78 is 0. The van der Waals surface area contributed by atoms with Gasteiger partial charge in [0.25, 0.3) is 0 Å². The molecule has 16 heavy (non-hydrogen) atoms. The van der Waals surface area contributed by atoms with Crippen molar-refractivity contribution in [1.82, 2.24) is 4.90 Å². The Kier molecular flexibility index (Phi) is 4.10. The highest BCUT2D eigenvalue weighted by atomic mass is 16.4. The molecular formula is C11H16N2O3. The first-order valence-electron chi connectivity index (χ1n) is 5.18. The second-order valence-electron chi connectivity index (χ2n) is 3.79. The molecule has 0 radical (unpaired) electrons. The van der Waals surface area contributed by atoms with Gasteiger partial charge in [0, 0.05) is 12.6 Å². The van der Waals surface area contributed by atoms with Gasteiger partial charge in [0.2, 0.25) is 0 Å². The molecule has 2 amide bonds. The van der Waals surface area contributed by atoms with Gasteiger partial charge >= 0.3 is 12.0 Å². The Bertz CT molecular complexity index is 336. The van der Waals surface area contributed by atoms with Crippen molar-refractivity contribution in [2.75, 3.05) is 6.54 Å². The molecule has 1 rings (SSSR count). The minimum atomic E-state index is -1.03. The van der Waals surface area contributed by atoms with E-state index in [-0.39, 0.29) is 6.04 Å². The van der Waals surface area contributed by atoms with Gasteiger partial charge in [-0.2, -0.15) is 0 Å². The zero-order chi connectivity index (χ0) is 12.1. The van der Waals surface area contributed by atoms with Gasteiger partial charge in [0.05, 0.1) is 6.04 Å². The number of urea groups is 1. The van der Waals surface area contributed by atoms with Crippen LogP contribution in [0.15, 0.2) is 24.3 Å². The number of carbonyl (C=O) groups is 2. The molecule has 1 atom stereocenters. The van der Waals surface area contributed by atoms with Gasteiger partial charge in [-0.25, -0.2) is 9.59 Å².